The van der Waals surface area contributed by atoms with Crippen LogP contribution in [0.2, 0.25) is 0 Å². The molecule has 1 aliphatic rings. The van der Waals surface area contributed by atoms with E-state index in [9.17, 15) is 4.79 Å². The largest absolute Gasteiger partial charge is 0.350 e. The number of likely N-dealkylation sites (tertiary alicyclic amines) is 1. The Morgan fingerprint density at radius 3 is 2.70 bits per heavy atom. The van der Waals surface area contributed by atoms with Gasteiger partial charge >= 0.3 is 0 Å². The van der Waals surface area contributed by atoms with Gasteiger partial charge in [0.2, 0.25) is 0 Å². The molecule has 0 saturated carbocycles. The molecule has 3 nitrogen and oxygen atoms in total. The Labute approximate surface area is 139 Å². The summed E-state index contributed by atoms with van der Waals surface area (Å²) in [5, 5.41) is 2.05. The second kappa shape index (κ2) is 6.20. The van der Waals surface area contributed by atoms with E-state index in [-0.39, 0.29) is 5.91 Å². The summed E-state index contributed by atoms with van der Waals surface area (Å²) in [6.07, 6.45) is 3.31. The summed E-state index contributed by atoms with van der Waals surface area (Å²) in [5.41, 5.74) is 3.20. The molecule has 0 bridgehead atoms. The highest BCUT2D eigenvalue weighted by molar-refractivity contribution is 7.17. The number of hydrogen-bond acceptors (Lipinski definition) is 2. The molecule has 118 valence electrons. The third-order valence-corrected chi connectivity index (χ3v) is 5.60. The minimum Gasteiger partial charge on any atom is -0.350 e. The summed E-state index contributed by atoms with van der Waals surface area (Å²) in [5.74, 6) is 0.833. The lowest BCUT2D eigenvalue weighted by molar-refractivity contribution is 0.0685. The molecule has 0 spiro atoms. The Balaban J connectivity index is 1.37. The normalized spacial score (nSPS) is 16.1. The Kier molecular flexibility index (Phi) is 3.92. The predicted octanol–water partition coefficient (Wildman–Crippen LogP) is 4.32. The second-order valence-electron chi connectivity index (χ2n) is 6.31. The summed E-state index contributed by atoms with van der Waals surface area (Å²) in [4.78, 5) is 17.9. The lowest BCUT2D eigenvalue weighted by atomic mass is 9.90. The molecule has 1 saturated heterocycles. The number of aromatic nitrogens is 1. The van der Waals surface area contributed by atoms with E-state index in [0.717, 1.165) is 48.3 Å². The van der Waals surface area contributed by atoms with Crippen molar-refractivity contribution in [1.82, 2.24) is 9.88 Å². The van der Waals surface area contributed by atoms with Gasteiger partial charge in [-0.2, -0.15) is 0 Å². The molecular formula is C19H20N2OS. The lowest BCUT2D eigenvalue weighted by Crippen LogP contribution is -2.39. The van der Waals surface area contributed by atoms with E-state index in [2.05, 4.69) is 35.3 Å². The van der Waals surface area contributed by atoms with Gasteiger partial charge in [0.1, 0.15) is 5.69 Å². The van der Waals surface area contributed by atoms with Gasteiger partial charge in [-0.25, -0.2) is 0 Å². The standard InChI is InChI=1S/C19H20N2OS/c22-19(17-13-18-16(20-17)8-11-23-18)21-9-6-15(7-10-21)12-14-4-2-1-3-5-14/h1-5,8,11,13,15,20H,6-7,9-10,12H2. The number of carbonyl (C=O) groups is 1. The van der Waals surface area contributed by atoms with Crippen molar-refractivity contribution < 1.29 is 4.79 Å². The molecule has 1 aromatic carbocycles. The summed E-state index contributed by atoms with van der Waals surface area (Å²) in [7, 11) is 0. The van der Waals surface area contributed by atoms with Crippen LogP contribution in [0.1, 0.15) is 28.9 Å². The summed E-state index contributed by atoms with van der Waals surface area (Å²) in [6.45, 7) is 1.73. The first-order valence-electron chi connectivity index (χ1n) is 8.19. The molecule has 0 unspecified atom stereocenters. The van der Waals surface area contributed by atoms with Gasteiger partial charge in [-0.05, 0) is 48.3 Å². The van der Waals surface area contributed by atoms with Gasteiger partial charge in [0, 0.05) is 13.1 Å². The van der Waals surface area contributed by atoms with Crippen LogP contribution in [0.3, 0.4) is 0 Å². The SMILES string of the molecule is O=C(c1cc2sccc2[nH]1)N1CCC(Cc2ccccc2)CC1. The fourth-order valence-corrected chi connectivity index (χ4v) is 4.20. The van der Waals surface area contributed by atoms with Crippen molar-refractivity contribution in [3.63, 3.8) is 0 Å². The predicted molar refractivity (Wildman–Crippen MR) is 94.9 cm³/mol. The van der Waals surface area contributed by atoms with E-state index < -0.39 is 0 Å². The number of benzene rings is 1. The zero-order valence-electron chi connectivity index (χ0n) is 13.0. The zero-order valence-corrected chi connectivity index (χ0v) is 13.8. The molecule has 4 heteroatoms. The minimum absolute atomic E-state index is 0.145. The number of thiophene rings is 1. The fraction of sp³-hybridized carbons (Fsp3) is 0.316. The Morgan fingerprint density at radius 2 is 1.96 bits per heavy atom. The van der Waals surface area contributed by atoms with Gasteiger partial charge in [0.15, 0.2) is 0 Å². The topological polar surface area (TPSA) is 36.1 Å². The molecule has 3 heterocycles. The van der Waals surface area contributed by atoms with Gasteiger partial charge in [-0.3, -0.25) is 4.79 Å². The number of rotatable bonds is 3. The van der Waals surface area contributed by atoms with Crippen molar-refractivity contribution in [3.8, 4) is 0 Å². The molecular weight excluding hydrogens is 304 g/mol. The highest BCUT2D eigenvalue weighted by Gasteiger charge is 2.24. The maximum absolute atomic E-state index is 12.6. The maximum Gasteiger partial charge on any atom is 0.270 e. The number of fused-ring (bicyclic) bond motifs is 1. The molecule has 1 fully saturated rings. The maximum atomic E-state index is 12.6. The Bertz CT molecular complexity index is 769. The Hall–Kier alpha value is -2.07. The third kappa shape index (κ3) is 3.04. The monoisotopic (exact) mass is 324 g/mol. The smallest absolute Gasteiger partial charge is 0.270 e. The molecule has 4 rings (SSSR count). The van der Waals surface area contributed by atoms with Crippen molar-refractivity contribution in [2.24, 2.45) is 5.92 Å². The van der Waals surface area contributed by atoms with Crippen LogP contribution in [-0.4, -0.2) is 28.9 Å². The summed E-state index contributed by atoms with van der Waals surface area (Å²) in [6, 6.07) is 14.7. The molecule has 0 atom stereocenters. The van der Waals surface area contributed by atoms with Crippen LogP contribution in [0, 0.1) is 5.92 Å². The molecule has 1 aliphatic heterocycles. The van der Waals surface area contributed by atoms with Crippen molar-refractivity contribution in [2.75, 3.05) is 13.1 Å². The van der Waals surface area contributed by atoms with Crippen molar-refractivity contribution in [3.05, 3.63) is 59.1 Å². The van der Waals surface area contributed by atoms with Crippen LogP contribution in [0.15, 0.2) is 47.8 Å². The first kappa shape index (κ1) is 14.5. The van der Waals surface area contributed by atoms with Crippen molar-refractivity contribution in [1.29, 1.82) is 0 Å². The number of hydrogen-bond donors (Lipinski definition) is 1. The van der Waals surface area contributed by atoms with Crippen LogP contribution in [0.4, 0.5) is 0 Å². The quantitative estimate of drug-likeness (QED) is 0.765. The molecule has 0 aliphatic carbocycles. The van der Waals surface area contributed by atoms with Crippen LogP contribution >= 0.6 is 11.3 Å². The van der Waals surface area contributed by atoms with E-state index in [1.807, 2.05) is 22.4 Å². The molecule has 3 aromatic rings. The van der Waals surface area contributed by atoms with Crippen LogP contribution in [-0.2, 0) is 6.42 Å². The van der Waals surface area contributed by atoms with Crippen LogP contribution in [0.5, 0.6) is 0 Å². The van der Waals surface area contributed by atoms with Gasteiger partial charge in [0.25, 0.3) is 5.91 Å². The second-order valence-corrected chi connectivity index (χ2v) is 7.25. The summed E-state index contributed by atoms with van der Waals surface area (Å²) >= 11 is 1.67. The average molecular weight is 324 g/mol. The van der Waals surface area contributed by atoms with Gasteiger partial charge < -0.3 is 9.88 Å². The van der Waals surface area contributed by atoms with Gasteiger partial charge in [-0.1, -0.05) is 30.3 Å². The third-order valence-electron chi connectivity index (χ3n) is 4.74. The highest BCUT2D eigenvalue weighted by atomic mass is 32.1. The fourth-order valence-electron chi connectivity index (χ4n) is 3.42. The first-order valence-corrected chi connectivity index (χ1v) is 9.07. The van der Waals surface area contributed by atoms with E-state index in [0.29, 0.717) is 5.92 Å². The van der Waals surface area contributed by atoms with Crippen LogP contribution < -0.4 is 0 Å². The molecule has 1 amide bonds. The minimum atomic E-state index is 0.145. The zero-order chi connectivity index (χ0) is 15.6. The molecule has 23 heavy (non-hydrogen) atoms. The van der Waals surface area contributed by atoms with Crippen LogP contribution in [0.25, 0.3) is 10.2 Å². The van der Waals surface area contributed by atoms with E-state index >= 15 is 0 Å². The molecule has 1 N–H and O–H groups in total. The summed E-state index contributed by atoms with van der Waals surface area (Å²) < 4.78 is 1.16. The number of aromatic amines is 1. The number of carbonyl (C=O) groups excluding carboxylic acids is 1. The van der Waals surface area contributed by atoms with Gasteiger partial charge in [-0.15, -0.1) is 11.3 Å². The molecule has 2 aromatic heterocycles. The number of H-pyrrole nitrogens is 1. The van der Waals surface area contributed by atoms with Gasteiger partial charge in [0.05, 0.1) is 10.2 Å². The average Bonchev–Trinajstić information content (AvgIpc) is 3.17. The van der Waals surface area contributed by atoms with E-state index in [4.69, 9.17) is 0 Å². The number of piperidine rings is 1. The number of nitrogens with one attached hydrogen (secondary N) is 1. The van der Waals surface area contributed by atoms with Crippen molar-refractivity contribution in [2.45, 2.75) is 19.3 Å². The highest BCUT2D eigenvalue weighted by Crippen LogP contribution is 2.25. The molecule has 0 radical (unpaired) electrons. The first-order chi connectivity index (χ1) is 11.3. The lowest BCUT2D eigenvalue weighted by Gasteiger charge is -2.31. The van der Waals surface area contributed by atoms with E-state index in [1.54, 1.807) is 11.3 Å². The number of nitrogens with zero attached hydrogens (tertiary/aromatic N) is 1. The number of amides is 1. The van der Waals surface area contributed by atoms with E-state index in [1.165, 1.54) is 5.56 Å². The van der Waals surface area contributed by atoms with Crippen molar-refractivity contribution >= 4 is 27.5 Å². The Morgan fingerprint density at radius 1 is 1.17 bits per heavy atom.